The molecule has 128 valence electrons. The maximum atomic E-state index is 12.3. The van der Waals surface area contributed by atoms with Gasteiger partial charge in [-0.15, -0.1) is 11.3 Å². The average Bonchev–Trinajstić information content (AvgIpc) is 2.94. The first-order valence-corrected chi connectivity index (χ1v) is 8.80. The minimum absolute atomic E-state index is 0.00864. The summed E-state index contributed by atoms with van der Waals surface area (Å²) in [5, 5.41) is 3.00. The van der Waals surface area contributed by atoms with Crippen molar-refractivity contribution in [1.82, 2.24) is 10.2 Å². The highest BCUT2D eigenvalue weighted by molar-refractivity contribution is 7.15. The van der Waals surface area contributed by atoms with Gasteiger partial charge >= 0.3 is 0 Å². The van der Waals surface area contributed by atoms with Crippen molar-refractivity contribution < 1.29 is 14.3 Å². The summed E-state index contributed by atoms with van der Waals surface area (Å²) in [4.78, 5) is 27.2. The summed E-state index contributed by atoms with van der Waals surface area (Å²) in [6.45, 7) is 12.2. The van der Waals surface area contributed by atoms with Crippen LogP contribution >= 0.6 is 11.3 Å². The largest absolute Gasteiger partial charge is 0.373 e. The maximum absolute atomic E-state index is 12.3. The summed E-state index contributed by atoms with van der Waals surface area (Å²) >= 11 is 1.24. The molecule has 5 nitrogen and oxygen atoms in total. The van der Waals surface area contributed by atoms with Crippen LogP contribution in [-0.2, 0) is 4.74 Å². The van der Waals surface area contributed by atoms with Gasteiger partial charge in [-0.05, 0) is 46.8 Å². The smallest absolute Gasteiger partial charge is 0.261 e. The van der Waals surface area contributed by atoms with Gasteiger partial charge in [0.25, 0.3) is 5.91 Å². The van der Waals surface area contributed by atoms with Crippen LogP contribution in [-0.4, -0.2) is 54.0 Å². The fourth-order valence-electron chi connectivity index (χ4n) is 2.82. The first kappa shape index (κ1) is 18.1. The first-order chi connectivity index (χ1) is 10.7. The number of carbonyl (C=O) groups excluding carboxylic acids is 2. The fourth-order valence-corrected chi connectivity index (χ4v) is 3.63. The molecule has 1 aromatic rings. The lowest BCUT2D eigenvalue weighted by Crippen LogP contribution is -2.58. The topological polar surface area (TPSA) is 58.6 Å². The SMILES string of the molecule is CC(=O)c1ccc(C(=O)NCC(C)(C)N2C[C@@H](C)O[C@@H](C)C2)s1. The third-order valence-corrected chi connectivity index (χ3v) is 5.32. The highest BCUT2D eigenvalue weighted by Gasteiger charge is 2.33. The zero-order valence-corrected chi connectivity index (χ0v) is 15.3. The molecule has 0 spiro atoms. The molecule has 1 N–H and O–H groups in total. The van der Waals surface area contributed by atoms with Gasteiger partial charge in [0.1, 0.15) is 0 Å². The lowest BCUT2D eigenvalue weighted by atomic mass is 10.00. The van der Waals surface area contributed by atoms with Crippen molar-refractivity contribution in [3.63, 3.8) is 0 Å². The number of amides is 1. The zero-order valence-electron chi connectivity index (χ0n) is 14.5. The lowest BCUT2D eigenvalue weighted by molar-refractivity contribution is -0.0948. The van der Waals surface area contributed by atoms with E-state index in [9.17, 15) is 9.59 Å². The van der Waals surface area contributed by atoms with Crippen molar-refractivity contribution in [1.29, 1.82) is 0 Å². The van der Waals surface area contributed by atoms with Crippen LogP contribution in [0.15, 0.2) is 12.1 Å². The van der Waals surface area contributed by atoms with E-state index in [0.29, 0.717) is 16.3 Å². The molecule has 1 fully saturated rings. The molecule has 1 aromatic heterocycles. The number of morpholine rings is 1. The van der Waals surface area contributed by atoms with Crippen LogP contribution in [0.4, 0.5) is 0 Å². The van der Waals surface area contributed by atoms with E-state index in [1.54, 1.807) is 12.1 Å². The molecule has 0 bridgehead atoms. The van der Waals surface area contributed by atoms with Crippen molar-refractivity contribution >= 4 is 23.0 Å². The molecule has 23 heavy (non-hydrogen) atoms. The molecule has 1 aliphatic rings. The number of carbonyl (C=O) groups is 2. The van der Waals surface area contributed by atoms with E-state index in [1.807, 2.05) is 0 Å². The third kappa shape index (κ3) is 4.62. The Bertz CT molecular complexity index is 572. The van der Waals surface area contributed by atoms with Crippen LogP contribution in [0.1, 0.15) is 54.0 Å². The Balaban J connectivity index is 1.95. The predicted molar refractivity (Wildman–Crippen MR) is 92.3 cm³/mol. The number of nitrogens with zero attached hydrogens (tertiary/aromatic N) is 1. The number of ether oxygens (including phenoxy) is 1. The molecule has 2 atom stereocenters. The Morgan fingerprint density at radius 3 is 2.35 bits per heavy atom. The summed E-state index contributed by atoms with van der Waals surface area (Å²) in [7, 11) is 0. The van der Waals surface area contributed by atoms with Gasteiger partial charge in [-0.3, -0.25) is 14.5 Å². The third-order valence-electron chi connectivity index (χ3n) is 4.13. The van der Waals surface area contributed by atoms with Crippen LogP contribution < -0.4 is 5.32 Å². The van der Waals surface area contributed by atoms with Gasteiger partial charge in [-0.25, -0.2) is 0 Å². The predicted octanol–water partition coefficient (Wildman–Crippen LogP) is 2.57. The van der Waals surface area contributed by atoms with Crippen molar-refractivity contribution in [3.8, 4) is 0 Å². The summed E-state index contributed by atoms with van der Waals surface area (Å²) in [5.74, 6) is -0.129. The number of ketones is 1. The Labute approximate surface area is 142 Å². The van der Waals surface area contributed by atoms with Crippen molar-refractivity contribution in [2.45, 2.75) is 52.4 Å². The van der Waals surface area contributed by atoms with E-state index >= 15 is 0 Å². The molecule has 0 aromatic carbocycles. The Hall–Kier alpha value is -1.24. The van der Waals surface area contributed by atoms with Crippen LogP contribution in [0.25, 0.3) is 0 Å². The van der Waals surface area contributed by atoms with Gasteiger partial charge < -0.3 is 10.1 Å². The number of thiophene rings is 1. The summed E-state index contributed by atoms with van der Waals surface area (Å²) in [5.41, 5.74) is -0.150. The summed E-state index contributed by atoms with van der Waals surface area (Å²) in [6, 6.07) is 3.42. The number of hydrogen-bond acceptors (Lipinski definition) is 5. The van der Waals surface area contributed by atoms with E-state index < -0.39 is 0 Å². The normalized spacial score (nSPS) is 22.8. The number of rotatable bonds is 5. The van der Waals surface area contributed by atoms with Gasteiger partial charge in [0, 0.05) is 25.2 Å². The Morgan fingerprint density at radius 2 is 1.83 bits per heavy atom. The molecule has 1 saturated heterocycles. The minimum atomic E-state index is -0.150. The molecule has 1 aliphatic heterocycles. The molecule has 1 amide bonds. The number of Topliss-reactive ketones (excluding diaryl/α,β-unsaturated/α-hetero) is 1. The Kier molecular flexibility index (Phi) is 5.60. The molecule has 6 heteroatoms. The zero-order chi connectivity index (χ0) is 17.2. The second kappa shape index (κ2) is 7.11. The molecule has 0 aliphatic carbocycles. The van der Waals surface area contributed by atoms with E-state index in [4.69, 9.17) is 4.74 Å². The van der Waals surface area contributed by atoms with Crippen LogP contribution in [0, 0.1) is 0 Å². The fraction of sp³-hybridized carbons (Fsp3) is 0.647. The molecule has 0 radical (unpaired) electrons. The second-order valence-electron chi connectivity index (χ2n) is 6.88. The molecular weight excluding hydrogens is 312 g/mol. The minimum Gasteiger partial charge on any atom is -0.373 e. The first-order valence-electron chi connectivity index (χ1n) is 7.98. The summed E-state index contributed by atoms with van der Waals surface area (Å²) in [6.07, 6.45) is 0.397. The quantitative estimate of drug-likeness (QED) is 0.838. The second-order valence-corrected chi connectivity index (χ2v) is 7.96. The summed E-state index contributed by atoms with van der Waals surface area (Å²) < 4.78 is 5.77. The van der Waals surface area contributed by atoms with Gasteiger partial charge in [0.05, 0.1) is 22.0 Å². The highest BCUT2D eigenvalue weighted by atomic mass is 32.1. The van der Waals surface area contributed by atoms with Gasteiger partial charge in [0.15, 0.2) is 5.78 Å². The Morgan fingerprint density at radius 1 is 1.26 bits per heavy atom. The van der Waals surface area contributed by atoms with E-state index in [2.05, 4.69) is 37.9 Å². The van der Waals surface area contributed by atoms with Crippen molar-refractivity contribution in [2.24, 2.45) is 0 Å². The number of hydrogen-bond donors (Lipinski definition) is 1. The van der Waals surface area contributed by atoms with Crippen LogP contribution in [0.5, 0.6) is 0 Å². The molecule has 0 unspecified atom stereocenters. The van der Waals surface area contributed by atoms with Crippen LogP contribution in [0.3, 0.4) is 0 Å². The van der Waals surface area contributed by atoms with Gasteiger partial charge in [-0.2, -0.15) is 0 Å². The van der Waals surface area contributed by atoms with E-state index in [0.717, 1.165) is 13.1 Å². The molecular formula is C17H26N2O3S. The van der Waals surface area contributed by atoms with Crippen LogP contribution in [0.2, 0.25) is 0 Å². The van der Waals surface area contributed by atoms with Gasteiger partial charge in [-0.1, -0.05) is 0 Å². The highest BCUT2D eigenvalue weighted by Crippen LogP contribution is 2.21. The molecule has 2 rings (SSSR count). The average molecular weight is 338 g/mol. The van der Waals surface area contributed by atoms with E-state index in [1.165, 1.54) is 18.3 Å². The van der Waals surface area contributed by atoms with Gasteiger partial charge in [0.2, 0.25) is 0 Å². The maximum Gasteiger partial charge on any atom is 0.261 e. The monoisotopic (exact) mass is 338 g/mol. The van der Waals surface area contributed by atoms with Crippen molar-refractivity contribution in [2.75, 3.05) is 19.6 Å². The van der Waals surface area contributed by atoms with E-state index in [-0.39, 0.29) is 29.4 Å². The lowest BCUT2D eigenvalue weighted by Gasteiger charge is -2.45. The standard InChI is InChI=1S/C17H26N2O3S/c1-11-8-19(9-12(2)22-11)17(4,5)10-18-16(21)15-7-6-14(23-15)13(3)20/h6-7,11-12H,8-10H2,1-5H3,(H,18,21)/t11-,12+. The molecule has 0 saturated carbocycles. The van der Waals surface area contributed by atoms with Crippen molar-refractivity contribution in [3.05, 3.63) is 21.9 Å². The molecule has 2 heterocycles. The number of nitrogens with one attached hydrogen (secondary N) is 1.